The molecule has 2 atom stereocenters. The summed E-state index contributed by atoms with van der Waals surface area (Å²) in [5.41, 5.74) is 0.577. The lowest BCUT2D eigenvalue weighted by atomic mass is 10.2. The van der Waals surface area contributed by atoms with Crippen LogP contribution in [-0.2, 0) is 4.74 Å². The van der Waals surface area contributed by atoms with Gasteiger partial charge in [-0.2, -0.15) is 0 Å². The van der Waals surface area contributed by atoms with Crippen LogP contribution in [0.2, 0.25) is 0 Å². The van der Waals surface area contributed by atoms with E-state index in [1.165, 1.54) is 4.90 Å². The van der Waals surface area contributed by atoms with Crippen LogP contribution >= 0.6 is 0 Å². The van der Waals surface area contributed by atoms with Gasteiger partial charge in [-0.15, -0.1) is 0 Å². The Labute approximate surface area is 88.0 Å². The molecule has 82 valence electrons. The summed E-state index contributed by atoms with van der Waals surface area (Å²) in [7, 11) is 0. The Hall–Kier alpha value is -1.33. The summed E-state index contributed by atoms with van der Waals surface area (Å²) in [6.45, 7) is 3.63. The van der Waals surface area contributed by atoms with Crippen LogP contribution in [0.15, 0.2) is 24.6 Å². The highest BCUT2D eigenvalue weighted by atomic mass is 16.5. The molecule has 0 saturated carbocycles. The maximum absolute atomic E-state index is 11.5. The van der Waals surface area contributed by atoms with Crippen LogP contribution in [0, 0.1) is 0 Å². The highest BCUT2D eigenvalue weighted by Gasteiger charge is 2.32. The zero-order valence-electron chi connectivity index (χ0n) is 8.35. The highest BCUT2D eigenvalue weighted by Crippen LogP contribution is 2.24. The maximum atomic E-state index is 11.5. The van der Waals surface area contributed by atoms with Crippen LogP contribution in [0.1, 0.15) is 12.8 Å². The van der Waals surface area contributed by atoms with Crippen LogP contribution < -0.4 is 5.32 Å². The summed E-state index contributed by atoms with van der Waals surface area (Å²) in [6, 6.07) is -0.230. The Balaban J connectivity index is 2.02. The minimum Gasteiger partial charge on any atom is -0.394 e. The molecule has 0 aromatic carbocycles. The first-order valence-corrected chi connectivity index (χ1v) is 4.93. The summed E-state index contributed by atoms with van der Waals surface area (Å²) in [6.07, 6.45) is 4.48. The fourth-order valence-corrected chi connectivity index (χ4v) is 1.73. The van der Waals surface area contributed by atoms with Crippen molar-refractivity contribution >= 4 is 6.03 Å². The van der Waals surface area contributed by atoms with Crippen molar-refractivity contribution in [2.75, 3.05) is 6.61 Å². The predicted molar refractivity (Wildman–Crippen MR) is 53.6 cm³/mol. The molecule has 2 rings (SSSR count). The Kier molecular flexibility index (Phi) is 2.75. The second kappa shape index (κ2) is 4.04. The van der Waals surface area contributed by atoms with E-state index in [0.717, 1.165) is 12.8 Å². The lowest BCUT2D eigenvalue weighted by Crippen LogP contribution is -2.44. The van der Waals surface area contributed by atoms with Crippen LogP contribution in [0.3, 0.4) is 0 Å². The lowest BCUT2D eigenvalue weighted by molar-refractivity contribution is -0.0363. The largest absolute Gasteiger partial charge is 0.394 e. The number of allylic oxidation sites excluding steroid dienone is 1. The Morgan fingerprint density at radius 2 is 2.47 bits per heavy atom. The molecule has 2 aliphatic heterocycles. The molecular weight excluding hydrogens is 196 g/mol. The third kappa shape index (κ3) is 2.03. The number of urea groups is 1. The molecule has 0 spiro atoms. The maximum Gasteiger partial charge on any atom is 0.327 e. The SMILES string of the molecule is C=C1C=CN(C2CC[C@@H](CO)O2)C(=O)N1. The molecule has 2 N–H and O–H groups in total. The molecule has 0 aromatic heterocycles. The van der Waals surface area contributed by atoms with Crippen molar-refractivity contribution < 1.29 is 14.6 Å². The molecule has 1 unspecified atom stereocenters. The number of nitrogens with zero attached hydrogens (tertiary/aromatic N) is 1. The van der Waals surface area contributed by atoms with Gasteiger partial charge in [-0.25, -0.2) is 4.79 Å². The topological polar surface area (TPSA) is 61.8 Å². The van der Waals surface area contributed by atoms with Gasteiger partial charge in [-0.1, -0.05) is 6.58 Å². The summed E-state index contributed by atoms with van der Waals surface area (Å²) in [4.78, 5) is 13.0. The van der Waals surface area contributed by atoms with Crippen molar-refractivity contribution in [2.24, 2.45) is 0 Å². The number of carbonyl (C=O) groups is 1. The van der Waals surface area contributed by atoms with E-state index < -0.39 is 0 Å². The average molecular weight is 210 g/mol. The summed E-state index contributed by atoms with van der Waals surface area (Å²) in [5, 5.41) is 11.5. The second-order valence-corrected chi connectivity index (χ2v) is 3.65. The van der Waals surface area contributed by atoms with Gasteiger partial charge in [-0.3, -0.25) is 4.90 Å². The number of hydrogen-bond donors (Lipinski definition) is 2. The molecule has 0 bridgehead atoms. The first-order chi connectivity index (χ1) is 7.20. The number of aliphatic hydroxyl groups excluding tert-OH is 1. The van der Waals surface area contributed by atoms with E-state index >= 15 is 0 Å². The molecule has 1 fully saturated rings. The van der Waals surface area contributed by atoms with Gasteiger partial charge in [0.1, 0.15) is 6.23 Å². The van der Waals surface area contributed by atoms with Gasteiger partial charge < -0.3 is 15.2 Å². The van der Waals surface area contributed by atoms with E-state index in [4.69, 9.17) is 9.84 Å². The van der Waals surface area contributed by atoms with Crippen LogP contribution in [-0.4, -0.2) is 35.0 Å². The molecule has 2 aliphatic rings. The van der Waals surface area contributed by atoms with Gasteiger partial charge in [0.05, 0.1) is 12.7 Å². The van der Waals surface area contributed by atoms with Gasteiger partial charge in [0, 0.05) is 11.9 Å². The van der Waals surface area contributed by atoms with Crippen molar-refractivity contribution in [3.05, 3.63) is 24.6 Å². The molecule has 0 aliphatic carbocycles. The van der Waals surface area contributed by atoms with Crippen molar-refractivity contribution in [1.82, 2.24) is 10.2 Å². The molecule has 2 heterocycles. The smallest absolute Gasteiger partial charge is 0.327 e. The number of amides is 2. The van der Waals surface area contributed by atoms with Crippen LogP contribution in [0.25, 0.3) is 0 Å². The number of aliphatic hydroxyl groups is 1. The molecule has 5 nitrogen and oxygen atoms in total. The first kappa shape index (κ1) is 10.2. The van der Waals surface area contributed by atoms with Crippen LogP contribution in [0.5, 0.6) is 0 Å². The minimum absolute atomic E-state index is 0.00236. The van der Waals surface area contributed by atoms with E-state index in [9.17, 15) is 4.79 Å². The van der Waals surface area contributed by atoms with Crippen molar-refractivity contribution in [1.29, 1.82) is 0 Å². The number of rotatable bonds is 2. The van der Waals surface area contributed by atoms with Gasteiger partial charge in [0.25, 0.3) is 0 Å². The lowest BCUT2D eigenvalue weighted by Gasteiger charge is -2.28. The van der Waals surface area contributed by atoms with Crippen molar-refractivity contribution in [3.8, 4) is 0 Å². The number of hydrogen-bond acceptors (Lipinski definition) is 3. The van der Waals surface area contributed by atoms with Gasteiger partial charge in [0.15, 0.2) is 0 Å². The van der Waals surface area contributed by atoms with Gasteiger partial charge in [0.2, 0.25) is 0 Å². The summed E-state index contributed by atoms with van der Waals surface area (Å²) < 4.78 is 5.49. The third-order valence-corrected chi connectivity index (χ3v) is 2.54. The molecule has 0 aromatic rings. The predicted octanol–water partition coefficient (Wildman–Crippen LogP) is 0.536. The molecule has 1 saturated heterocycles. The van der Waals surface area contributed by atoms with E-state index in [0.29, 0.717) is 5.70 Å². The second-order valence-electron chi connectivity index (χ2n) is 3.65. The average Bonchev–Trinajstić information content (AvgIpc) is 2.66. The molecule has 5 heteroatoms. The zero-order chi connectivity index (χ0) is 10.8. The monoisotopic (exact) mass is 210 g/mol. The van der Waals surface area contributed by atoms with Crippen molar-refractivity contribution in [3.63, 3.8) is 0 Å². The standard InChI is InChI=1S/C10H14N2O3/c1-7-4-5-12(10(14)11-7)9-3-2-8(6-13)15-9/h4-5,8-9,13H,1-3,6H2,(H,11,14)/t8-,9?/m0/s1. The van der Waals surface area contributed by atoms with E-state index in [-0.39, 0.29) is 25.0 Å². The van der Waals surface area contributed by atoms with Crippen LogP contribution in [0.4, 0.5) is 4.79 Å². The minimum atomic E-state index is -0.272. The fraction of sp³-hybridized carbons (Fsp3) is 0.500. The number of carbonyl (C=O) groups excluding carboxylic acids is 1. The molecule has 2 amide bonds. The molecule has 15 heavy (non-hydrogen) atoms. The van der Waals surface area contributed by atoms with E-state index in [1.807, 2.05) is 0 Å². The summed E-state index contributed by atoms with van der Waals surface area (Å²) >= 11 is 0. The normalized spacial score (nSPS) is 30.9. The third-order valence-electron chi connectivity index (χ3n) is 2.54. The van der Waals surface area contributed by atoms with Gasteiger partial charge in [-0.05, 0) is 18.9 Å². The van der Waals surface area contributed by atoms with Gasteiger partial charge >= 0.3 is 6.03 Å². The molecule has 0 radical (unpaired) electrons. The Morgan fingerprint density at radius 1 is 1.67 bits per heavy atom. The number of ether oxygens (including phenoxy) is 1. The summed E-state index contributed by atoms with van der Waals surface area (Å²) in [5.74, 6) is 0. The number of nitrogens with one attached hydrogen (secondary N) is 1. The van der Waals surface area contributed by atoms with E-state index in [1.54, 1.807) is 12.3 Å². The quantitative estimate of drug-likeness (QED) is 0.699. The van der Waals surface area contributed by atoms with E-state index in [2.05, 4.69) is 11.9 Å². The molecular formula is C10H14N2O3. The van der Waals surface area contributed by atoms with Crippen molar-refractivity contribution in [2.45, 2.75) is 25.2 Å². The zero-order valence-corrected chi connectivity index (χ0v) is 8.35. The Bertz CT molecular complexity index is 314. The fourth-order valence-electron chi connectivity index (χ4n) is 1.73. The highest BCUT2D eigenvalue weighted by molar-refractivity contribution is 5.79. The Morgan fingerprint density at radius 3 is 3.07 bits per heavy atom. The first-order valence-electron chi connectivity index (χ1n) is 4.93.